The van der Waals surface area contributed by atoms with Crippen molar-refractivity contribution in [1.82, 2.24) is 0 Å². The number of halogens is 1. The highest BCUT2D eigenvalue weighted by atomic mass is 35.5. The van der Waals surface area contributed by atoms with Crippen molar-refractivity contribution in [3.8, 4) is 0 Å². The highest BCUT2D eigenvalue weighted by Gasteiger charge is 2.31. The van der Waals surface area contributed by atoms with Crippen LogP contribution in [0.25, 0.3) is 11.0 Å². The Morgan fingerprint density at radius 2 is 2.15 bits per heavy atom. The Kier molecular flexibility index (Phi) is 4.27. The summed E-state index contributed by atoms with van der Waals surface area (Å²) in [6.45, 7) is 4.56. The van der Waals surface area contributed by atoms with Gasteiger partial charge in [0.25, 0.3) is 0 Å². The molecule has 2 nitrogen and oxygen atoms in total. The Balaban J connectivity index is 1.85. The fraction of sp³-hybridized carbons (Fsp3) is 0.467. The van der Waals surface area contributed by atoms with Crippen molar-refractivity contribution < 1.29 is 4.42 Å². The molecule has 0 aliphatic carbocycles. The van der Waals surface area contributed by atoms with Gasteiger partial charge in [0.2, 0.25) is 0 Å². The molecule has 1 aliphatic heterocycles. The molecule has 2 heterocycles. The molecule has 0 amide bonds. The fourth-order valence-electron chi connectivity index (χ4n) is 2.39. The summed E-state index contributed by atoms with van der Waals surface area (Å²) in [5.41, 5.74) is 7.17. The summed E-state index contributed by atoms with van der Waals surface area (Å²) in [5, 5.41) is 3.38. The Morgan fingerprint density at radius 1 is 1.35 bits per heavy atom. The third-order valence-electron chi connectivity index (χ3n) is 3.82. The SMILES string of the molecule is CC1SCC(C(N)c2cc3cccc(Cl)c3o2)SC1C. The van der Waals surface area contributed by atoms with Gasteiger partial charge in [0.1, 0.15) is 5.76 Å². The van der Waals surface area contributed by atoms with Gasteiger partial charge < -0.3 is 10.2 Å². The number of furan rings is 1. The van der Waals surface area contributed by atoms with Crippen molar-refractivity contribution in [3.05, 3.63) is 35.0 Å². The molecule has 2 aromatic rings. The quantitative estimate of drug-likeness (QED) is 0.867. The lowest BCUT2D eigenvalue weighted by molar-refractivity contribution is 0.494. The van der Waals surface area contributed by atoms with Crippen molar-refractivity contribution in [2.45, 2.75) is 35.6 Å². The summed E-state index contributed by atoms with van der Waals surface area (Å²) in [7, 11) is 0. The van der Waals surface area contributed by atoms with Crippen molar-refractivity contribution >= 4 is 46.1 Å². The Labute approximate surface area is 132 Å². The zero-order valence-corrected chi connectivity index (χ0v) is 13.9. The number of hydrogen-bond acceptors (Lipinski definition) is 4. The summed E-state index contributed by atoms with van der Waals surface area (Å²) in [5.74, 6) is 1.91. The summed E-state index contributed by atoms with van der Waals surface area (Å²) in [6.07, 6.45) is 0. The summed E-state index contributed by atoms with van der Waals surface area (Å²) < 4.78 is 5.90. The lowest BCUT2D eigenvalue weighted by atomic mass is 10.1. The second kappa shape index (κ2) is 5.84. The molecule has 1 aliphatic rings. The zero-order chi connectivity index (χ0) is 14.3. The molecule has 0 saturated carbocycles. The molecule has 5 heteroatoms. The minimum absolute atomic E-state index is 0.0779. The van der Waals surface area contributed by atoms with Gasteiger partial charge in [-0.15, -0.1) is 0 Å². The van der Waals surface area contributed by atoms with E-state index in [0.29, 0.717) is 20.8 Å². The molecule has 0 spiro atoms. The standard InChI is InChI=1S/C15H18ClNOS2/c1-8-9(2)20-13(7-19-8)14(17)12-6-10-4-3-5-11(16)15(10)18-12/h3-6,8-9,13-14H,7,17H2,1-2H3. The van der Waals surface area contributed by atoms with Gasteiger partial charge in [-0.25, -0.2) is 0 Å². The van der Waals surface area contributed by atoms with Crippen LogP contribution in [0.5, 0.6) is 0 Å². The van der Waals surface area contributed by atoms with Crippen LogP contribution in [0.4, 0.5) is 0 Å². The first-order valence-electron chi connectivity index (χ1n) is 6.77. The number of benzene rings is 1. The maximum absolute atomic E-state index is 6.42. The first-order chi connectivity index (χ1) is 9.56. The Hall–Kier alpha value is -0.290. The normalized spacial score (nSPS) is 28.7. The molecular weight excluding hydrogens is 310 g/mol. The highest BCUT2D eigenvalue weighted by Crippen LogP contribution is 2.41. The number of fused-ring (bicyclic) bond motifs is 1. The average molecular weight is 328 g/mol. The number of nitrogens with two attached hydrogens (primary N) is 1. The lowest BCUT2D eigenvalue weighted by Crippen LogP contribution is -2.33. The first kappa shape index (κ1) is 14.6. The van der Waals surface area contributed by atoms with E-state index in [1.807, 2.05) is 47.8 Å². The molecule has 1 fully saturated rings. The molecule has 108 valence electrons. The second-order valence-electron chi connectivity index (χ2n) is 5.25. The second-order valence-corrected chi connectivity index (χ2v) is 8.69. The highest BCUT2D eigenvalue weighted by molar-refractivity contribution is 8.07. The molecule has 3 rings (SSSR count). The van der Waals surface area contributed by atoms with Crippen molar-refractivity contribution in [2.24, 2.45) is 5.73 Å². The van der Waals surface area contributed by atoms with E-state index in [-0.39, 0.29) is 6.04 Å². The van der Waals surface area contributed by atoms with Crippen LogP contribution < -0.4 is 5.73 Å². The largest absolute Gasteiger partial charge is 0.458 e. The van der Waals surface area contributed by atoms with E-state index in [1.165, 1.54) is 0 Å². The molecule has 0 radical (unpaired) electrons. The van der Waals surface area contributed by atoms with Gasteiger partial charge in [-0.1, -0.05) is 37.6 Å². The van der Waals surface area contributed by atoms with E-state index in [1.54, 1.807) is 0 Å². The van der Waals surface area contributed by atoms with E-state index >= 15 is 0 Å². The van der Waals surface area contributed by atoms with Gasteiger partial charge >= 0.3 is 0 Å². The van der Waals surface area contributed by atoms with E-state index in [9.17, 15) is 0 Å². The van der Waals surface area contributed by atoms with Crippen molar-refractivity contribution in [2.75, 3.05) is 5.75 Å². The van der Waals surface area contributed by atoms with Crippen molar-refractivity contribution in [3.63, 3.8) is 0 Å². The molecule has 1 aromatic heterocycles. The van der Waals surface area contributed by atoms with E-state index < -0.39 is 0 Å². The Bertz CT molecular complexity index is 615. The topological polar surface area (TPSA) is 39.2 Å². The number of hydrogen-bond donors (Lipinski definition) is 1. The van der Waals surface area contributed by atoms with E-state index in [2.05, 4.69) is 13.8 Å². The third kappa shape index (κ3) is 2.71. The molecule has 0 bridgehead atoms. The van der Waals surface area contributed by atoms with E-state index in [0.717, 1.165) is 22.5 Å². The van der Waals surface area contributed by atoms with Crippen molar-refractivity contribution in [1.29, 1.82) is 0 Å². The molecule has 20 heavy (non-hydrogen) atoms. The predicted octanol–water partition coefficient (Wildman–Crippen LogP) is 4.71. The van der Waals surface area contributed by atoms with Crippen LogP contribution in [0.15, 0.2) is 28.7 Å². The van der Waals surface area contributed by atoms with Gasteiger partial charge in [-0.05, 0) is 12.1 Å². The molecule has 1 saturated heterocycles. The number of thioether (sulfide) groups is 2. The van der Waals surface area contributed by atoms with Gasteiger partial charge in [0, 0.05) is 26.9 Å². The van der Waals surface area contributed by atoms with Crippen LogP contribution in [0, 0.1) is 0 Å². The van der Waals surface area contributed by atoms with Crippen LogP contribution in [0.1, 0.15) is 25.6 Å². The number of rotatable bonds is 2. The van der Waals surface area contributed by atoms with Gasteiger partial charge in [0.15, 0.2) is 5.58 Å². The smallest absolute Gasteiger partial charge is 0.152 e. The summed E-state index contributed by atoms with van der Waals surface area (Å²) in [4.78, 5) is 0. The summed E-state index contributed by atoms with van der Waals surface area (Å²) >= 11 is 10.1. The summed E-state index contributed by atoms with van der Waals surface area (Å²) in [6, 6.07) is 7.74. The van der Waals surface area contributed by atoms with E-state index in [4.69, 9.17) is 21.8 Å². The van der Waals surface area contributed by atoms with Gasteiger partial charge in [-0.3, -0.25) is 0 Å². The average Bonchev–Trinajstić information content (AvgIpc) is 2.86. The van der Waals surface area contributed by atoms with Crippen LogP contribution >= 0.6 is 35.1 Å². The lowest BCUT2D eigenvalue weighted by Gasteiger charge is -2.33. The van der Waals surface area contributed by atoms with Crippen LogP contribution in [-0.2, 0) is 0 Å². The van der Waals surface area contributed by atoms with Gasteiger partial charge in [-0.2, -0.15) is 23.5 Å². The predicted molar refractivity (Wildman–Crippen MR) is 90.9 cm³/mol. The number of para-hydroxylation sites is 1. The van der Waals surface area contributed by atoms with Gasteiger partial charge in [0.05, 0.1) is 11.1 Å². The maximum atomic E-state index is 6.42. The fourth-order valence-corrected chi connectivity index (χ4v) is 5.64. The minimum atomic E-state index is -0.0779. The monoisotopic (exact) mass is 327 g/mol. The Morgan fingerprint density at radius 3 is 2.85 bits per heavy atom. The molecule has 2 N–H and O–H groups in total. The zero-order valence-electron chi connectivity index (χ0n) is 11.5. The maximum Gasteiger partial charge on any atom is 0.152 e. The minimum Gasteiger partial charge on any atom is -0.458 e. The molecular formula is C15H18ClNOS2. The molecule has 4 unspecified atom stereocenters. The van der Waals surface area contributed by atoms with Crippen LogP contribution in [0.2, 0.25) is 5.02 Å². The van der Waals surface area contributed by atoms with Crippen LogP contribution in [0.3, 0.4) is 0 Å². The third-order valence-corrected chi connectivity index (χ3v) is 7.63. The molecule has 1 aromatic carbocycles. The first-order valence-corrected chi connectivity index (χ1v) is 9.14. The molecule has 4 atom stereocenters. The van der Waals surface area contributed by atoms with Crippen LogP contribution in [-0.4, -0.2) is 21.5 Å².